The van der Waals surface area contributed by atoms with E-state index in [1.54, 1.807) is 4.90 Å². The molecule has 2 aromatic rings. The molecule has 1 saturated heterocycles. The number of likely N-dealkylation sites (tertiary alicyclic amines) is 1. The van der Waals surface area contributed by atoms with Crippen LogP contribution in [0.2, 0.25) is 0 Å². The Labute approximate surface area is 170 Å². The Balaban J connectivity index is 1.32. The average Bonchev–Trinajstić information content (AvgIpc) is 3.12. The molecule has 1 fully saturated rings. The first-order valence-corrected chi connectivity index (χ1v) is 10.8. The minimum absolute atomic E-state index is 0.105. The molecule has 2 amide bonds. The molecule has 150 valence electrons. The summed E-state index contributed by atoms with van der Waals surface area (Å²) in [6.45, 7) is 5.40. The number of β-lactam (4-membered cyclic amide) rings is 1. The molecule has 0 saturated carbocycles. The molecular weight excluding hydrogens is 372 g/mol. The first kappa shape index (κ1) is 20.4. The van der Waals surface area contributed by atoms with Gasteiger partial charge in [-0.1, -0.05) is 37.3 Å². The van der Waals surface area contributed by atoms with Gasteiger partial charge < -0.3 is 15.0 Å². The number of rotatable bonds is 10. The topological polar surface area (TPSA) is 58.6 Å². The second-order valence-electron chi connectivity index (χ2n) is 7.28. The van der Waals surface area contributed by atoms with E-state index in [9.17, 15) is 9.59 Å². The lowest BCUT2D eigenvalue weighted by atomic mass is 9.92. The number of aryl methyl sites for hydroxylation is 1. The number of ether oxygens (including phenoxy) is 1. The maximum atomic E-state index is 12.1. The van der Waals surface area contributed by atoms with Crippen LogP contribution in [0.15, 0.2) is 41.8 Å². The predicted octanol–water partition coefficient (Wildman–Crippen LogP) is 3.74. The largest absolute Gasteiger partial charge is 0.469 e. The van der Waals surface area contributed by atoms with Crippen LogP contribution in [0.5, 0.6) is 5.06 Å². The zero-order valence-corrected chi connectivity index (χ0v) is 17.3. The molecule has 3 rings (SSSR count). The lowest BCUT2D eigenvalue weighted by Gasteiger charge is -2.37. The minimum atomic E-state index is -0.456. The second kappa shape index (κ2) is 9.73. The van der Waals surface area contributed by atoms with Crippen LogP contribution < -0.4 is 10.1 Å². The molecule has 6 heteroatoms. The number of hydrogen-bond acceptors (Lipinski definition) is 4. The van der Waals surface area contributed by atoms with Crippen molar-refractivity contribution in [3.05, 3.63) is 52.9 Å². The van der Waals surface area contributed by atoms with E-state index in [1.807, 2.05) is 24.4 Å². The molecule has 1 aliphatic rings. The molecular formula is C22H28N2O3S. The molecule has 0 aliphatic carbocycles. The lowest BCUT2D eigenvalue weighted by molar-refractivity contribution is -0.155. The summed E-state index contributed by atoms with van der Waals surface area (Å²) in [5.41, 5.74) is 2.48. The van der Waals surface area contributed by atoms with Gasteiger partial charge in [0.2, 0.25) is 5.91 Å². The quantitative estimate of drug-likeness (QED) is 0.488. The molecule has 1 aromatic heterocycles. The van der Waals surface area contributed by atoms with E-state index in [-0.39, 0.29) is 18.4 Å². The monoisotopic (exact) mass is 400 g/mol. The van der Waals surface area contributed by atoms with Gasteiger partial charge in [0.05, 0.1) is 13.1 Å². The van der Waals surface area contributed by atoms with Crippen LogP contribution in [-0.2, 0) is 9.59 Å². The molecule has 0 spiro atoms. The fourth-order valence-electron chi connectivity index (χ4n) is 3.43. The standard InChI is InChI=1S/C22H28N2O3S/c1-3-17(18-8-5-4-6-9-18)10-7-11-23-20(25)14-24-13-19(22(24)26)27-21-12-16(2)15-28-21/h4-6,8-9,12,15,17,19H,3,7,10-11,13-14H2,1-2H3,(H,23,25). The first-order valence-electron chi connectivity index (χ1n) is 9.89. The van der Waals surface area contributed by atoms with Crippen LogP contribution in [0.3, 0.4) is 0 Å². The molecule has 0 bridgehead atoms. The van der Waals surface area contributed by atoms with Crippen molar-refractivity contribution in [3.63, 3.8) is 0 Å². The zero-order chi connectivity index (χ0) is 19.9. The molecule has 5 nitrogen and oxygen atoms in total. The number of benzene rings is 1. The van der Waals surface area contributed by atoms with Gasteiger partial charge in [0, 0.05) is 6.54 Å². The highest BCUT2D eigenvalue weighted by molar-refractivity contribution is 7.12. The predicted molar refractivity (Wildman–Crippen MR) is 112 cm³/mol. The number of nitrogens with zero attached hydrogens (tertiary/aromatic N) is 1. The molecule has 1 aromatic carbocycles. The summed E-state index contributed by atoms with van der Waals surface area (Å²) in [5.74, 6) is 0.303. The van der Waals surface area contributed by atoms with Crippen LogP contribution in [0.4, 0.5) is 0 Å². The van der Waals surface area contributed by atoms with Gasteiger partial charge in [-0.3, -0.25) is 9.59 Å². The van der Waals surface area contributed by atoms with Gasteiger partial charge in [0.15, 0.2) is 11.2 Å². The lowest BCUT2D eigenvalue weighted by Crippen LogP contribution is -2.61. The van der Waals surface area contributed by atoms with Gasteiger partial charge in [0.1, 0.15) is 0 Å². The summed E-state index contributed by atoms with van der Waals surface area (Å²) in [6.07, 6.45) is 2.60. The summed E-state index contributed by atoms with van der Waals surface area (Å²) >= 11 is 1.49. The van der Waals surface area contributed by atoms with E-state index in [0.717, 1.165) is 29.9 Å². The van der Waals surface area contributed by atoms with Crippen molar-refractivity contribution in [2.45, 2.75) is 45.1 Å². The average molecular weight is 401 g/mol. The molecule has 2 unspecified atom stereocenters. The van der Waals surface area contributed by atoms with Crippen LogP contribution in [-0.4, -0.2) is 42.5 Å². The molecule has 2 heterocycles. The van der Waals surface area contributed by atoms with Crippen molar-refractivity contribution in [1.29, 1.82) is 0 Å². The number of hydrogen-bond donors (Lipinski definition) is 1. The first-order chi connectivity index (χ1) is 13.6. The van der Waals surface area contributed by atoms with Crippen molar-refractivity contribution >= 4 is 23.2 Å². The maximum Gasteiger partial charge on any atom is 0.266 e. The number of thiophene rings is 1. The Bertz CT molecular complexity index is 790. The smallest absolute Gasteiger partial charge is 0.266 e. The Morgan fingerprint density at radius 1 is 1.36 bits per heavy atom. The highest BCUT2D eigenvalue weighted by Gasteiger charge is 2.39. The van der Waals surface area contributed by atoms with Crippen molar-refractivity contribution in [2.24, 2.45) is 0 Å². The van der Waals surface area contributed by atoms with E-state index >= 15 is 0 Å². The van der Waals surface area contributed by atoms with E-state index < -0.39 is 6.10 Å². The van der Waals surface area contributed by atoms with E-state index in [0.29, 0.717) is 19.0 Å². The van der Waals surface area contributed by atoms with Gasteiger partial charge in [-0.2, -0.15) is 0 Å². The van der Waals surface area contributed by atoms with Crippen LogP contribution >= 0.6 is 11.3 Å². The Morgan fingerprint density at radius 3 is 2.79 bits per heavy atom. The Morgan fingerprint density at radius 2 is 2.14 bits per heavy atom. The third-order valence-electron chi connectivity index (χ3n) is 5.09. The van der Waals surface area contributed by atoms with Gasteiger partial charge in [-0.05, 0) is 54.7 Å². The van der Waals surface area contributed by atoms with Crippen molar-refractivity contribution < 1.29 is 14.3 Å². The SMILES string of the molecule is CCC(CCCNC(=O)CN1CC(Oc2cc(C)cs2)C1=O)c1ccccc1. The second-order valence-corrected chi connectivity index (χ2v) is 8.15. The van der Waals surface area contributed by atoms with Crippen LogP contribution in [0.25, 0.3) is 0 Å². The highest BCUT2D eigenvalue weighted by Crippen LogP contribution is 2.26. The molecule has 2 atom stereocenters. The van der Waals surface area contributed by atoms with Crippen LogP contribution in [0, 0.1) is 6.92 Å². The maximum absolute atomic E-state index is 12.1. The number of nitrogens with one attached hydrogen (secondary N) is 1. The Kier molecular flexibility index (Phi) is 7.09. The van der Waals surface area contributed by atoms with Crippen molar-refractivity contribution in [1.82, 2.24) is 10.2 Å². The van der Waals surface area contributed by atoms with E-state index in [1.165, 1.54) is 16.9 Å². The summed E-state index contributed by atoms with van der Waals surface area (Å²) in [6, 6.07) is 12.4. The molecule has 0 radical (unpaired) electrons. The minimum Gasteiger partial charge on any atom is -0.469 e. The third kappa shape index (κ3) is 5.35. The molecule has 1 aliphatic heterocycles. The van der Waals surface area contributed by atoms with E-state index in [2.05, 4.69) is 36.5 Å². The molecule has 1 N–H and O–H groups in total. The van der Waals surface area contributed by atoms with Crippen molar-refractivity contribution in [2.75, 3.05) is 19.6 Å². The molecule has 28 heavy (non-hydrogen) atoms. The van der Waals surface area contributed by atoms with Gasteiger partial charge in [0.25, 0.3) is 5.91 Å². The van der Waals surface area contributed by atoms with Crippen LogP contribution in [0.1, 0.15) is 43.2 Å². The summed E-state index contributed by atoms with van der Waals surface area (Å²) in [7, 11) is 0. The highest BCUT2D eigenvalue weighted by atomic mass is 32.1. The summed E-state index contributed by atoms with van der Waals surface area (Å²) in [5, 5.41) is 5.67. The third-order valence-corrected chi connectivity index (χ3v) is 6.02. The number of carbonyl (C=O) groups excluding carboxylic acids is 2. The fraction of sp³-hybridized carbons (Fsp3) is 0.455. The number of amides is 2. The van der Waals surface area contributed by atoms with Gasteiger partial charge >= 0.3 is 0 Å². The normalized spacial score (nSPS) is 17.1. The Hall–Kier alpha value is -2.34. The fourth-order valence-corrected chi connectivity index (χ4v) is 4.23. The van der Waals surface area contributed by atoms with Gasteiger partial charge in [-0.25, -0.2) is 0 Å². The van der Waals surface area contributed by atoms with E-state index in [4.69, 9.17) is 4.74 Å². The summed E-state index contributed by atoms with van der Waals surface area (Å²) in [4.78, 5) is 25.8. The van der Waals surface area contributed by atoms with Gasteiger partial charge in [-0.15, -0.1) is 11.3 Å². The van der Waals surface area contributed by atoms with Crippen molar-refractivity contribution in [3.8, 4) is 5.06 Å². The zero-order valence-electron chi connectivity index (χ0n) is 16.5. The summed E-state index contributed by atoms with van der Waals surface area (Å²) < 4.78 is 5.67. The number of carbonyl (C=O) groups is 2.